The maximum absolute atomic E-state index is 12.0. The van der Waals surface area contributed by atoms with Crippen LogP contribution < -0.4 is 0 Å². The van der Waals surface area contributed by atoms with Crippen LogP contribution in [0.1, 0.15) is 40.0 Å². The minimum absolute atomic E-state index is 0.142. The third-order valence-electron chi connectivity index (χ3n) is 2.67. The summed E-state index contributed by atoms with van der Waals surface area (Å²) >= 11 is 0. The Morgan fingerprint density at radius 2 is 2.06 bits per heavy atom. The average molecular weight is 265 g/mol. The molecule has 0 radical (unpaired) electrons. The van der Waals surface area contributed by atoms with Crippen LogP contribution in [-0.2, 0) is 9.47 Å². The van der Waals surface area contributed by atoms with Gasteiger partial charge in [0.2, 0.25) is 0 Å². The Morgan fingerprint density at radius 1 is 1.39 bits per heavy atom. The van der Waals surface area contributed by atoms with E-state index in [1.54, 1.807) is 20.8 Å². The van der Waals surface area contributed by atoms with E-state index >= 15 is 0 Å². The molecule has 0 bridgehead atoms. The number of halogens is 2. The van der Waals surface area contributed by atoms with Crippen molar-refractivity contribution in [1.29, 1.82) is 0 Å². The quantitative estimate of drug-likeness (QED) is 0.787. The Labute approximate surface area is 106 Å². The molecule has 0 aromatic rings. The highest BCUT2D eigenvalue weighted by Crippen LogP contribution is 2.21. The van der Waals surface area contributed by atoms with Crippen molar-refractivity contribution in [2.75, 3.05) is 13.2 Å². The van der Waals surface area contributed by atoms with E-state index in [0.717, 1.165) is 12.8 Å². The van der Waals surface area contributed by atoms with Gasteiger partial charge in [-0.25, -0.2) is 4.79 Å². The van der Waals surface area contributed by atoms with Crippen molar-refractivity contribution in [2.45, 2.75) is 58.3 Å². The normalized spacial score (nSPS) is 21.2. The molecule has 0 spiro atoms. The van der Waals surface area contributed by atoms with E-state index in [0.29, 0.717) is 13.0 Å². The Balaban J connectivity index is 2.55. The van der Waals surface area contributed by atoms with Crippen molar-refractivity contribution >= 4 is 6.09 Å². The Morgan fingerprint density at radius 3 is 2.61 bits per heavy atom. The lowest BCUT2D eigenvalue weighted by molar-refractivity contribution is -0.143. The molecule has 1 saturated heterocycles. The van der Waals surface area contributed by atoms with Crippen LogP contribution in [0, 0.1) is 0 Å². The topological polar surface area (TPSA) is 38.8 Å². The fourth-order valence-corrected chi connectivity index (χ4v) is 1.92. The van der Waals surface area contributed by atoms with Crippen molar-refractivity contribution in [3.05, 3.63) is 0 Å². The van der Waals surface area contributed by atoms with Crippen LogP contribution in [0.2, 0.25) is 0 Å². The number of ether oxygens (including phenoxy) is 2. The van der Waals surface area contributed by atoms with Gasteiger partial charge in [-0.1, -0.05) is 0 Å². The molecule has 1 aliphatic rings. The van der Waals surface area contributed by atoms with E-state index in [2.05, 4.69) is 4.74 Å². The number of hydrogen-bond donors (Lipinski definition) is 0. The van der Waals surface area contributed by atoms with Gasteiger partial charge in [0.05, 0.1) is 12.6 Å². The Kier molecular flexibility index (Phi) is 5.31. The fraction of sp³-hybridized carbons (Fsp3) is 0.917. The third-order valence-corrected chi connectivity index (χ3v) is 2.67. The average Bonchev–Trinajstić information content (AvgIpc) is 2.24. The summed E-state index contributed by atoms with van der Waals surface area (Å²) in [6.07, 6.45) is 2.00. The summed E-state index contributed by atoms with van der Waals surface area (Å²) in [6.45, 7) is 2.93. The van der Waals surface area contributed by atoms with E-state index in [1.807, 2.05) is 0 Å². The summed E-state index contributed by atoms with van der Waals surface area (Å²) in [5.74, 6) is 0. The van der Waals surface area contributed by atoms with Crippen LogP contribution in [0.5, 0.6) is 0 Å². The monoisotopic (exact) mass is 265 g/mol. The standard InChI is InChI=1S/C12H21F2NO3/c1-12(2,3)18-11(16)15-7-5-4-6-9(15)8-17-10(13)14/h9-10H,4-8H2,1-3H3/t9-/m0/s1. The molecule has 106 valence electrons. The van der Waals surface area contributed by atoms with E-state index in [1.165, 1.54) is 4.90 Å². The first kappa shape index (κ1) is 15.1. The molecule has 0 aliphatic carbocycles. The van der Waals surface area contributed by atoms with Crippen molar-refractivity contribution < 1.29 is 23.0 Å². The van der Waals surface area contributed by atoms with Crippen molar-refractivity contribution in [3.8, 4) is 0 Å². The summed E-state index contributed by atoms with van der Waals surface area (Å²) < 4.78 is 33.6. The number of nitrogens with zero attached hydrogens (tertiary/aromatic N) is 1. The highest BCUT2D eigenvalue weighted by molar-refractivity contribution is 5.68. The van der Waals surface area contributed by atoms with Gasteiger partial charge < -0.3 is 14.4 Å². The summed E-state index contributed by atoms with van der Waals surface area (Å²) in [6, 6.07) is -0.317. The second-order valence-electron chi connectivity index (χ2n) is 5.42. The van der Waals surface area contributed by atoms with Crippen molar-refractivity contribution in [1.82, 2.24) is 4.90 Å². The van der Waals surface area contributed by atoms with Crippen LogP contribution in [0.25, 0.3) is 0 Å². The first-order chi connectivity index (χ1) is 8.29. The number of likely N-dealkylation sites (tertiary alicyclic amines) is 1. The second kappa shape index (κ2) is 6.31. The van der Waals surface area contributed by atoms with Gasteiger partial charge >= 0.3 is 12.7 Å². The zero-order valence-electron chi connectivity index (χ0n) is 11.1. The van der Waals surface area contributed by atoms with Gasteiger partial charge in [-0.3, -0.25) is 0 Å². The van der Waals surface area contributed by atoms with Crippen LogP contribution in [0.4, 0.5) is 13.6 Å². The molecule has 18 heavy (non-hydrogen) atoms. The minimum atomic E-state index is -2.80. The lowest BCUT2D eigenvalue weighted by atomic mass is 10.0. The van der Waals surface area contributed by atoms with Gasteiger partial charge in [0.15, 0.2) is 0 Å². The number of carbonyl (C=O) groups is 1. The van der Waals surface area contributed by atoms with Gasteiger partial charge in [-0.15, -0.1) is 0 Å². The predicted molar refractivity (Wildman–Crippen MR) is 62.5 cm³/mol. The molecule has 6 heteroatoms. The smallest absolute Gasteiger partial charge is 0.410 e. The predicted octanol–water partition coefficient (Wildman–Crippen LogP) is 3.02. The molecule has 0 saturated carbocycles. The molecule has 1 heterocycles. The number of rotatable bonds is 3. The number of amides is 1. The first-order valence-electron chi connectivity index (χ1n) is 6.19. The zero-order valence-corrected chi connectivity index (χ0v) is 11.1. The highest BCUT2D eigenvalue weighted by Gasteiger charge is 2.31. The first-order valence-corrected chi connectivity index (χ1v) is 6.19. The summed E-state index contributed by atoms with van der Waals surface area (Å²) in [4.78, 5) is 13.4. The maximum atomic E-state index is 12.0. The molecule has 1 amide bonds. The maximum Gasteiger partial charge on any atom is 0.410 e. The van der Waals surface area contributed by atoms with E-state index in [-0.39, 0.29) is 12.6 Å². The number of piperidine rings is 1. The number of alkyl halides is 2. The molecule has 0 unspecified atom stereocenters. The summed E-state index contributed by atoms with van der Waals surface area (Å²) in [5, 5.41) is 0. The van der Waals surface area contributed by atoms with Gasteiger partial charge in [0.25, 0.3) is 0 Å². The van der Waals surface area contributed by atoms with E-state index in [9.17, 15) is 13.6 Å². The van der Waals surface area contributed by atoms with Crippen molar-refractivity contribution in [3.63, 3.8) is 0 Å². The van der Waals surface area contributed by atoms with Crippen LogP contribution >= 0.6 is 0 Å². The third kappa shape index (κ3) is 5.16. The van der Waals surface area contributed by atoms with Crippen molar-refractivity contribution in [2.24, 2.45) is 0 Å². The minimum Gasteiger partial charge on any atom is -0.444 e. The molecular weight excluding hydrogens is 244 g/mol. The second-order valence-corrected chi connectivity index (χ2v) is 5.42. The molecule has 1 fully saturated rings. The van der Waals surface area contributed by atoms with Gasteiger partial charge in [-0.05, 0) is 40.0 Å². The highest BCUT2D eigenvalue weighted by atomic mass is 19.3. The summed E-state index contributed by atoms with van der Waals surface area (Å²) in [7, 11) is 0. The molecule has 1 atom stereocenters. The lowest BCUT2D eigenvalue weighted by Gasteiger charge is -2.36. The summed E-state index contributed by atoms with van der Waals surface area (Å²) in [5.41, 5.74) is -0.581. The lowest BCUT2D eigenvalue weighted by Crippen LogP contribution is -2.48. The molecule has 0 N–H and O–H groups in total. The van der Waals surface area contributed by atoms with Gasteiger partial charge in [-0.2, -0.15) is 8.78 Å². The molecular formula is C12H21F2NO3. The van der Waals surface area contributed by atoms with Crippen LogP contribution in [0.3, 0.4) is 0 Å². The fourth-order valence-electron chi connectivity index (χ4n) is 1.92. The molecule has 1 rings (SSSR count). The SMILES string of the molecule is CC(C)(C)OC(=O)N1CCCC[C@H]1COC(F)F. The number of carbonyl (C=O) groups excluding carboxylic acids is 1. The van der Waals surface area contributed by atoms with E-state index < -0.39 is 18.3 Å². The largest absolute Gasteiger partial charge is 0.444 e. The van der Waals surface area contributed by atoms with Crippen LogP contribution in [0.15, 0.2) is 0 Å². The zero-order chi connectivity index (χ0) is 13.8. The van der Waals surface area contributed by atoms with Gasteiger partial charge in [0.1, 0.15) is 5.60 Å². The Hall–Kier alpha value is -0.910. The Bertz CT molecular complexity index is 279. The van der Waals surface area contributed by atoms with Gasteiger partial charge in [0, 0.05) is 6.54 Å². The molecule has 0 aromatic heterocycles. The van der Waals surface area contributed by atoms with E-state index in [4.69, 9.17) is 4.74 Å². The number of hydrogen-bond acceptors (Lipinski definition) is 3. The molecule has 1 aliphatic heterocycles. The molecule has 0 aromatic carbocycles. The van der Waals surface area contributed by atoms with Crippen LogP contribution in [-0.4, -0.2) is 42.4 Å². The molecule has 4 nitrogen and oxygen atoms in total.